The van der Waals surface area contributed by atoms with Crippen LogP contribution in [0.3, 0.4) is 0 Å². The Morgan fingerprint density at radius 3 is 2.83 bits per heavy atom. The minimum absolute atomic E-state index is 0.0217. The van der Waals surface area contributed by atoms with Gasteiger partial charge in [0.05, 0.1) is 18.0 Å². The Kier molecular flexibility index (Phi) is 7.08. The summed E-state index contributed by atoms with van der Waals surface area (Å²) < 4.78 is 7.46. The quantitative estimate of drug-likeness (QED) is 0.533. The first kappa shape index (κ1) is 21.1. The smallest absolute Gasteiger partial charge is 0.246 e. The number of rotatable bonds is 5. The SMILES string of the molecule is CN(C)C(=O)CN=C(NCC1CCCCO1)N1CCN(c2cnn(C)c2)C(=O)C1. The van der Waals surface area contributed by atoms with Gasteiger partial charge < -0.3 is 24.8 Å². The van der Waals surface area contributed by atoms with Crippen molar-refractivity contribution < 1.29 is 14.3 Å². The Labute approximate surface area is 171 Å². The summed E-state index contributed by atoms with van der Waals surface area (Å²) in [5, 5.41) is 7.47. The molecule has 2 aliphatic heterocycles. The van der Waals surface area contributed by atoms with E-state index in [1.165, 1.54) is 4.90 Å². The molecule has 0 spiro atoms. The number of aromatic nitrogens is 2. The molecule has 1 aromatic rings. The van der Waals surface area contributed by atoms with Crippen LogP contribution in [0.1, 0.15) is 19.3 Å². The molecule has 2 amide bonds. The summed E-state index contributed by atoms with van der Waals surface area (Å²) >= 11 is 0. The molecule has 2 saturated heterocycles. The molecular formula is C19H31N7O3. The van der Waals surface area contributed by atoms with E-state index in [4.69, 9.17) is 4.74 Å². The number of ether oxygens (including phenoxy) is 1. The first-order valence-electron chi connectivity index (χ1n) is 10.1. The zero-order valence-corrected chi connectivity index (χ0v) is 17.5. The molecule has 3 rings (SSSR count). The summed E-state index contributed by atoms with van der Waals surface area (Å²) in [5.74, 6) is 0.471. The Morgan fingerprint density at radius 1 is 1.38 bits per heavy atom. The van der Waals surface area contributed by atoms with Gasteiger partial charge in [0.2, 0.25) is 11.8 Å². The number of likely N-dealkylation sites (N-methyl/N-ethyl adjacent to an activating group) is 1. The lowest BCUT2D eigenvalue weighted by Gasteiger charge is -2.36. The van der Waals surface area contributed by atoms with Gasteiger partial charge in [-0.3, -0.25) is 14.3 Å². The molecule has 2 aliphatic rings. The fourth-order valence-corrected chi connectivity index (χ4v) is 3.40. The van der Waals surface area contributed by atoms with Crippen molar-refractivity contribution in [3.8, 4) is 0 Å². The van der Waals surface area contributed by atoms with Crippen molar-refractivity contribution in [2.45, 2.75) is 25.4 Å². The Hall–Kier alpha value is -2.62. The lowest BCUT2D eigenvalue weighted by atomic mass is 10.1. The van der Waals surface area contributed by atoms with E-state index in [2.05, 4.69) is 15.4 Å². The molecule has 0 aromatic carbocycles. The summed E-state index contributed by atoms with van der Waals surface area (Å²) in [4.78, 5) is 34.4. The zero-order valence-electron chi connectivity index (χ0n) is 17.5. The standard InChI is InChI=1S/C19H31N7O3/c1-23(2)17(27)12-21-19(20-11-16-6-4-5-9-29-16)25-7-8-26(18(28)14-25)15-10-22-24(3)13-15/h10,13,16H,4-9,11-12,14H2,1-3H3,(H,20,21). The van der Waals surface area contributed by atoms with Crippen molar-refractivity contribution in [3.63, 3.8) is 0 Å². The number of hydrogen-bond donors (Lipinski definition) is 1. The van der Waals surface area contributed by atoms with Gasteiger partial charge in [-0.2, -0.15) is 5.10 Å². The van der Waals surface area contributed by atoms with Crippen molar-refractivity contribution in [1.29, 1.82) is 0 Å². The second-order valence-electron chi connectivity index (χ2n) is 7.64. The van der Waals surface area contributed by atoms with Gasteiger partial charge in [-0.15, -0.1) is 0 Å². The van der Waals surface area contributed by atoms with E-state index in [1.54, 1.807) is 29.9 Å². The van der Waals surface area contributed by atoms with Gasteiger partial charge in [0.1, 0.15) is 13.1 Å². The van der Waals surface area contributed by atoms with Gasteiger partial charge in [-0.05, 0) is 19.3 Å². The highest BCUT2D eigenvalue weighted by atomic mass is 16.5. The molecule has 1 aromatic heterocycles. The first-order valence-corrected chi connectivity index (χ1v) is 10.1. The van der Waals surface area contributed by atoms with Crippen LogP contribution in [0.25, 0.3) is 0 Å². The summed E-state index contributed by atoms with van der Waals surface area (Å²) in [7, 11) is 5.24. The van der Waals surface area contributed by atoms with Crippen molar-refractivity contribution in [2.75, 3.05) is 58.3 Å². The monoisotopic (exact) mass is 405 g/mol. The third-order valence-corrected chi connectivity index (χ3v) is 5.15. The van der Waals surface area contributed by atoms with Crippen molar-refractivity contribution >= 4 is 23.5 Å². The summed E-state index contributed by atoms with van der Waals surface area (Å²) in [5.41, 5.74) is 0.794. The Morgan fingerprint density at radius 2 is 2.21 bits per heavy atom. The zero-order chi connectivity index (χ0) is 20.8. The molecule has 2 fully saturated rings. The third kappa shape index (κ3) is 5.69. The second kappa shape index (κ2) is 9.73. The molecule has 1 atom stereocenters. The summed E-state index contributed by atoms with van der Waals surface area (Å²) in [6.45, 7) is 2.79. The lowest BCUT2D eigenvalue weighted by Crippen LogP contribution is -2.56. The molecule has 10 nitrogen and oxygen atoms in total. The van der Waals surface area contributed by atoms with Crippen molar-refractivity contribution in [2.24, 2.45) is 12.0 Å². The number of piperazine rings is 1. The molecule has 10 heteroatoms. The van der Waals surface area contributed by atoms with Crippen LogP contribution < -0.4 is 10.2 Å². The predicted octanol–water partition coefficient (Wildman–Crippen LogP) is -0.328. The molecule has 0 aliphatic carbocycles. The van der Waals surface area contributed by atoms with Crippen LogP contribution in [-0.2, 0) is 21.4 Å². The summed E-state index contributed by atoms with van der Waals surface area (Å²) in [6, 6.07) is 0. The molecule has 0 saturated carbocycles. The normalized spacial score (nSPS) is 20.7. The third-order valence-electron chi connectivity index (χ3n) is 5.15. The van der Waals surface area contributed by atoms with Gasteiger partial charge in [0, 0.05) is 53.6 Å². The lowest BCUT2D eigenvalue weighted by molar-refractivity contribution is -0.127. The van der Waals surface area contributed by atoms with Crippen LogP contribution in [0.15, 0.2) is 17.4 Å². The highest BCUT2D eigenvalue weighted by molar-refractivity contribution is 5.98. The number of amides is 2. The molecule has 0 bridgehead atoms. The molecule has 0 radical (unpaired) electrons. The first-order chi connectivity index (χ1) is 13.9. The van der Waals surface area contributed by atoms with E-state index in [1.807, 2.05) is 18.1 Å². The number of aliphatic imine (C=N–C) groups is 1. The molecule has 160 valence electrons. The maximum Gasteiger partial charge on any atom is 0.246 e. The van der Waals surface area contributed by atoms with Gasteiger partial charge in [0.15, 0.2) is 5.96 Å². The largest absolute Gasteiger partial charge is 0.376 e. The molecule has 1 unspecified atom stereocenters. The molecular weight excluding hydrogens is 374 g/mol. The van der Waals surface area contributed by atoms with E-state index in [0.29, 0.717) is 25.6 Å². The number of guanidine groups is 1. The van der Waals surface area contributed by atoms with Crippen LogP contribution >= 0.6 is 0 Å². The van der Waals surface area contributed by atoms with Crippen LogP contribution in [0.5, 0.6) is 0 Å². The average Bonchev–Trinajstić information content (AvgIpc) is 3.14. The maximum absolute atomic E-state index is 12.7. The van der Waals surface area contributed by atoms with Gasteiger partial charge in [0.25, 0.3) is 0 Å². The van der Waals surface area contributed by atoms with Crippen molar-refractivity contribution in [3.05, 3.63) is 12.4 Å². The van der Waals surface area contributed by atoms with E-state index >= 15 is 0 Å². The highest BCUT2D eigenvalue weighted by Gasteiger charge is 2.28. The van der Waals surface area contributed by atoms with Crippen LogP contribution in [0.2, 0.25) is 0 Å². The number of carbonyl (C=O) groups excluding carboxylic acids is 2. The van der Waals surface area contributed by atoms with Crippen LogP contribution in [-0.4, -0.2) is 96.9 Å². The van der Waals surface area contributed by atoms with Gasteiger partial charge >= 0.3 is 0 Å². The fraction of sp³-hybridized carbons (Fsp3) is 0.684. The Balaban J connectivity index is 1.65. The minimum Gasteiger partial charge on any atom is -0.376 e. The Bertz CT molecular complexity index is 740. The molecule has 3 heterocycles. The van der Waals surface area contributed by atoms with Crippen LogP contribution in [0.4, 0.5) is 5.69 Å². The molecule has 29 heavy (non-hydrogen) atoms. The number of nitrogens with zero attached hydrogens (tertiary/aromatic N) is 6. The van der Waals surface area contributed by atoms with Crippen LogP contribution in [0, 0.1) is 0 Å². The van der Waals surface area contributed by atoms with E-state index in [-0.39, 0.29) is 31.0 Å². The van der Waals surface area contributed by atoms with Gasteiger partial charge in [-0.1, -0.05) is 0 Å². The number of nitrogens with one attached hydrogen (secondary N) is 1. The number of carbonyl (C=O) groups is 2. The van der Waals surface area contributed by atoms with E-state index in [0.717, 1.165) is 31.6 Å². The number of anilines is 1. The predicted molar refractivity (Wildman–Crippen MR) is 110 cm³/mol. The minimum atomic E-state index is -0.0847. The maximum atomic E-state index is 12.7. The molecule has 1 N–H and O–H groups in total. The second-order valence-corrected chi connectivity index (χ2v) is 7.64. The topological polar surface area (TPSA) is 95.3 Å². The number of aryl methyl sites for hydroxylation is 1. The van der Waals surface area contributed by atoms with E-state index < -0.39 is 0 Å². The average molecular weight is 406 g/mol. The van der Waals surface area contributed by atoms with E-state index in [9.17, 15) is 9.59 Å². The fourth-order valence-electron chi connectivity index (χ4n) is 3.40. The van der Waals surface area contributed by atoms with Gasteiger partial charge in [-0.25, -0.2) is 4.99 Å². The highest BCUT2D eigenvalue weighted by Crippen LogP contribution is 2.16. The summed E-state index contributed by atoms with van der Waals surface area (Å²) in [6.07, 6.45) is 6.91. The van der Waals surface area contributed by atoms with Crippen molar-refractivity contribution in [1.82, 2.24) is 24.9 Å². The number of hydrogen-bond acceptors (Lipinski definition) is 5.